The van der Waals surface area contributed by atoms with E-state index in [-0.39, 0.29) is 30.2 Å². The molecule has 9 heteroatoms. The number of carbonyl (C=O) groups excluding carboxylic acids is 2. The van der Waals surface area contributed by atoms with E-state index in [1.54, 1.807) is 5.38 Å². The summed E-state index contributed by atoms with van der Waals surface area (Å²) >= 11 is 1.28. The van der Waals surface area contributed by atoms with Gasteiger partial charge in [-0.3, -0.25) is 14.9 Å². The minimum Gasteiger partial charge on any atom is -0.455 e. The van der Waals surface area contributed by atoms with Crippen LogP contribution in [-0.2, 0) is 22.6 Å². The molecule has 3 aromatic rings. The lowest BCUT2D eigenvalue weighted by molar-refractivity contribution is -0.385. The van der Waals surface area contributed by atoms with Crippen molar-refractivity contribution in [1.29, 1.82) is 0 Å². The molecule has 29 heavy (non-hydrogen) atoms. The van der Waals surface area contributed by atoms with Crippen LogP contribution in [0.5, 0.6) is 0 Å². The van der Waals surface area contributed by atoms with Crippen LogP contribution < -0.4 is 5.32 Å². The number of carbonyl (C=O) groups is 2. The molecule has 1 aromatic heterocycles. The number of nitro groups is 1. The van der Waals surface area contributed by atoms with Crippen LogP contribution in [0.1, 0.15) is 26.6 Å². The third-order valence-corrected chi connectivity index (χ3v) is 4.90. The number of para-hydroxylation sites is 2. The summed E-state index contributed by atoms with van der Waals surface area (Å²) in [6, 6.07) is 13.0. The molecule has 0 bridgehead atoms. The maximum absolute atomic E-state index is 12.2. The zero-order chi connectivity index (χ0) is 20.8. The zero-order valence-electron chi connectivity index (χ0n) is 15.5. The van der Waals surface area contributed by atoms with Gasteiger partial charge < -0.3 is 10.1 Å². The van der Waals surface area contributed by atoms with E-state index in [2.05, 4.69) is 10.3 Å². The number of rotatable bonds is 7. The molecule has 0 radical (unpaired) electrons. The van der Waals surface area contributed by atoms with Crippen molar-refractivity contribution in [3.63, 3.8) is 0 Å². The van der Waals surface area contributed by atoms with Gasteiger partial charge in [-0.05, 0) is 24.6 Å². The summed E-state index contributed by atoms with van der Waals surface area (Å²) in [6.07, 6.45) is 0.0943. The van der Waals surface area contributed by atoms with E-state index in [0.717, 1.165) is 11.3 Å². The second-order valence-electron chi connectivity index (χ2n) is 6.12. The van der Waals surface area contributed by atoms with Gasteiger partial charge in [0.05, 0.1) is 17.0 Å². The van der Waals surface area contributed by atoms with Crippen LogP contribution in [-0.4, -0.2) is 21.8 Å². The van der Waals surface area contributed by atoms with Gasteiger partial charge in [-0.1, -0.05) is 30.3 Å². The molecule has 0 atom stereocenters. The van der Waals surface area contributed by atoms with E-state index in [1.807, 2.05) is 31.2 Å². The molecule has 0 aliphatic carbocycles. The molecule has 0 aliphatic rings. The third-order valence-electron chi connectivity index (χ3n) is 4.00. The van der Waals surface area contributed by atoms with Crippen LogP contribution in [0.4, 0.5) is 11.4 Å². The van der Waals surface area contributed by atoms with Gasteiger partial charge in [-0.2, -0.15) is 0 Å². The van der Waals surface area contributed by atoms with Crippen LogP contribution in [0, 0.1) is 17.0 Å². The van der Waals surface area contributed by atoms with Gasteiger partial charge in [0, 0.05) is 17.1 Å². The summed E-state index contributed by atoms with van der Waals surface area (Å²) in [6.45, 7) is 1.77. The molecule has 148 valence electrons. The number of ether oxygens (including phenoxy) is 1. The van der Waals surface area contributed by atoms with Crippen LogP contribution in [0.3, 0.4) is 0 Å². The minimum atomic E-state index is -0.802. The van der Waals surface area contributed by atoms with E-state index >= 15 is 0 Å². The molecule has 0 saturated carbocycles. The Labute approximate surface area is 170 Å². The van der Waals surface area contributed by atoms with Gasteiger partial charge in [0.25, 0.3) is 5.69 Å². The molecule has 1 N–H and O–H groups in total. The van der Waals surface area contributed by atoms with Crippen LogP contribution in [0.2, 0.25) is 0 Å². The summed E-state index contributed by atoms with van der Waals surface area (Å²) < 4.78 is 5.13. The molecule has 0 spiro atoms. The molecule has 0 aliphatic heterocycles. The van der Waals surface area contributed by atoms with Crippen molar-refractivity contribution in [1.82, 2.24) is 4.98 Å². The standard InChI is InChI=1S/C20H17N3O5S/c1-13-6-2-4-8-16(13)22-18(24)10-19-21-14(12-29-19)11-28-20(25)15-7-3-5-9-17(15)23(26)27/h2-9,12H,10-11H2,1H3,(H,22,24). The maximum Gasteiger partial charge on any atom is 0.345 e. The Morgan fingerprint density at radius 2 is 1.90 bits per heavy atom. The fourth-order valence-corrected chi connectivity index (χ4v) is 3.34. The number of hydrogen-bond acceptors (Lipinski definition) is 7. The summed E-state index contributed by atoms with van der Waals surface area (Å²) in [4.78, 5) is 39.0. The molecule has 0 saturated heterocycles. The molecule has 3 rings (SSSR count). The summed E-state index contributed by atoms with van der Waals surface area (Å²) in [5.41, 5.74) is 1.74. The highest BCUT2D eigenvalue weighted by molar-refractivity contribution is 7.09. The molecule has 0 unspecified atom stereocenters. The topological polar surface area (TPSA) is 111 Å². The first-order chi connectivity index (χ1) is 13.9. The van der Waals surface area contributed by atoms with Gasteiger partial charge in [-0.15, -0.1) is 11.3 Å². The second kappa shape index (κ2) is 9.07. The number of nitrogens with zero attached hydrogens (tertiary/aromatic N) is 2. The first-order valence-corrected chi connectivity index (χ1v) is 9.51. The van der Waals surface area contributed by atoms with Crippen LogP contribution in [0.15, 0.2) is 53.9 Å². The Kier molecular flexibility index (Phi) is 6.30. The van der Waals surface area contributed by atoms with E-state index in [0.29, 0.717) is 10.7 Å². The number of benzene rings is 2. The van der Waals surface area contributed by atoms with Gasteiger partial charge in [0.1, 0.15) is 17.2 Å². The first-order valence-electron chi connectivity index (χ1n) is 8.63. The van der Waals surface area contributed by atoms with E-state index in [4.69, 9.17) is 4.74 Å². The van der Waals surface area contributed by atoms with Gasteiger partial charge in [0.15, 0.2) is 0 Å². The number of aromatic nitrogens is 1. The fraction of sp³-hybridized carbons (Fsp3) is 0.150. The van der Waals surface area contributed by atoms with Gasteiger partial charge >= 0.3 is 5.97 Å². The maximum atomic E-state index is 12.2. The summed E-state index contributed by atoms with van der Waals surface area (Å²) in [5.74, 6) is -0.999. The van der Waals surface area contributed by atoms with Gasteiger partial charge in [-0.25, -0.2) is 9.78 Å². The average Bonchev–Trinajstić information content (AvgIpc) is 3.15. The van der Waals surface area contributed by atoms with E-state index < -0.39 is 10.9 Å². The molecular formula is C20H17N3O5S. The summed E-state index contributed by atoms with van der Waals surface area (Å²) in [7, 11) is 0. The zero-order valence-corrected chi connectivity index (χ0v) is 16.3. The normalized spacial score (nSPS) is 10.4. The quantitative estimate of drug-likeness (QED) is 0.359. The number of anilines is 1. The number of nitro benzene ring substituents is 1. The molecule has 8 nitrogen and oxygen atoms in total. The smallest absolute Gasteiger partial charge is 0.345 e. The minimum absolute atomic E-state index is 0.0943. The van der Waals surface area contributed by atoms with Crippen molar-refractivity contribution in [3.8, 4) is 0 Å². The van der Waals surface area contributed by atoms with Crippen molar-refractivity contribution in [2.75, 3.05) is 5.32 Å². The Bertz CT molecular complexity index is 1060. The monoisotopic (exact) mass is 411 g/mol. The molecule has 1 heterocycles. The highest BCUT2D eigenvalue weighted by Crippen LogP contribution is 2.20. The van der Waals surface area contributed by atoms with Crippen molar-refractivity contribution in [2.45, 2.75) is 20.0 Å². The molecular weight excluding hydrogens is 394 g/mol. The van der Waals surface area contributed by atoms with E-state index in [1.165, 1.54) is 35.6 Å². The van der Waals surface area contributed by atoms with Crippen molar-refractivity contribution < 1.29 is 19.2 Å². The third kappa shape index (κ3) is 5.23. The highest BCUT2D eigenvalue weighted by atomic mass is 32.1. The lowest BCUT2D eigenvalue weighted by atomic mass is 10.2. The summed E-state index contributed by atoms with van der Waals surface area (Å²) in [5, 5.41) is 16.1. The van der Waals surface area contributed by atoms with Crippen molar-refractivity contribution in [3.05, 3.63) is 85.9 Å². The lowest BCUT2D eigenvalue weighted by Gasteiger charge is -2.06. The highest BCUT2D eigenvalue weighted by Gasteiger charge is 2.21. The number of thiazole rings is 1. The van der Waals surface area contributed by atoms with Crippen LogP contribution >= 0.6 is 11.3 Å². The number of aryl methyl sites for hydroxylation is 1. The van der Waals surface area contributed by atoms with Gasteiger partial charge in [0.2, 0.25) is 5.91 Å². The number of amides is 1. The van der Waals surface area contributed by atoms with Crippen molar-refractivity contribution in [2.24, 2.45) is 0 Å². The molecule has 1 amide bonds. The SMILES string of the molecule is Cc1ccccc1NC(=O)Cc1nc(COC(=O)c2ccccc2[N+](=O)[O-])cs1. The Hall–Kier alpha value is -3.59. The van der Waals surface area contributed by atoms with Crippen molar-refractivity contribution >= 4 is 34.6 Å². The molecule has 2 aromatic carbocycles. The Balaban J connectivity index is 1.57. The Morgan fingerprint density at radius 3 is 2.66 bits per heavy atom. The fourth-order valence-electron chi connectivity index (χ4n) is 2.56. The van der Waals surface area contributed by atoms with Crippen LogP contribution in [0.25, 0.3) is 0 Å². The predicted molar refractivity (Wildman–Crippen MR) is 108 cm³/mol. The first kappa shape index (κ1) is 20.2. The molecule has 0 fully saturated rings. The average molecular weight is 411 g/mol. The van der Waals surface area contributed by atoms with E-state index in [9.17, 15) is 19.7 Å². The number of hydrogen-bond donors (Lipinski definition) is 1. The number of esters is 1. The lowest BCUT2D eigenvalue weighted by Crippen LogP contribution is -2.15. The Morgan fingerprint density at radius 1 is 1.17 bits per heavy atom. The largest absolute Gasteiger partial charge is 0.455 e. The number of nitrogens with one attached hydrogen (secondary N) is 1. The predicted octanol–water partition coefficient (Wildman–Crippen LogP) is 3.90. The second-order valence-corrected chi connectivity index (χ2v) is 7.07.